The normalized spacial score (nSPS) is 18.8. The average Bonchev–Trinajstić information content (AvgIpc) is 3.10. The van der Waals surface area contributed by atoms with E-state index in [9.17, 15) is 13.2 Å². The third-order valence-corrected chi connectivity index (χ3v) is 7.12. The van der Waals surface area contributed by atoms with Crippen LogP contribution in [-0.2, 0) is 14.8 Å². The van der Waals surface area contributed by atoms with Gasteiger partial charge in [0.1, 0.15) is 10.3 Å². The number of rotatable bonds is 8. The zero-order valence-corrected chi connectivity index (χ0v) is 16.3. The van der Waals surface area contributed by atoms with Crippen molar-refractivity contribution < 1.29 is 13.2 Å². The molecule has 2 heterocycles. The van der Waals surface area contributed by atoms with Gasteiger partial charge in [-0.1, -0.05) is 19.4 Å². The summed E-state index contributed by atoms with van der Waals surface area (Å²) in [6, 6.07) is 2.72. The van der Waals surface area contributed by atoms with Gasteiger partial charge < -0.3 is 10.6 Å². The van der Waals surface area contributed by atoms with Crippen molar-refractivity contribution in [3.8, 4) is 0 Å². The van der Waals surface area contributed by atoms with E-state index >= 15 is 0 Å². The maximum Gasteiger partial charge on any atom is 0.253 e. The van der Waals surface area contributed by atoms with Crippen molar-refractivity contribution in [1.29, 1.82) is 0 Å². The lowest BCUT2D eigenvalue weighted by atomic mass is 10.0. The van der Waals surface area contributed by atoms with Gasteiger partial charge in [-0.15, -0.1) is 23.7 Å². The van der Waals surface area contributed by atoms with Gasteiger partial charge in [-0.25, -0.2) is 8.42 Å². The lowest BCUT2D eigenvalue weighted by molar-refractivity contribution is -0.125. The van der Waals surface area contributed by atoms with Crippen LogP contribution in [0, 0.1) is 0 Å². The van der Waals surface area contributed by atoms with Crippen molar-refractivity contribution >= 4 is 39.7 Å². The van der Waals surface area contributed by atoms with Crippen molar-refractivity contribution in [1.82, 2.24) is 14.9 Å². The highest BCUT2D eigenvalue weighted by Gasteiger charge is 2.37. The topological polar surface area (TPSA) is 78.5 Å². The quantitative estimate of drug-likeness (QED) is 0.658. The van der Waals surface area contributed by atoms with Crippen LogP contribution in [-0.4, -0.2) is 50.9 Å². The zero-order chi connectivity index (χ0) is 16.7. The fourth-order valence-corrected chi connectivity index (χ4v) is 5.45. The van der Waals surface area contributed by atoms with E-state index in [1.54, 1.807) is 17.5 Å². The third kappa shape index (κ3) is 5.42. The highest BCUT2D eigenvalue weighted by Crippen LogP contribution is 2.27. The first-order valence-corrected chi connectivity index (χ1v) is 10.4. The smallest absolute Gasteiger partial charge is 0.253 e. The molecule has 138 valence electrons. The standard InChI is InChI=1S/C15H25N3O3S2.ClH/c1-2-8-16-9-10-17-15(19)13-6-3-4-11-18(13)23(20,21)14-7-5-12-22-14;/h5,7,12-13,16H,2-4,6,8-11H2,1H3,(H,17,19);1H. The molecule has 24 heavy (non-hydrogen) atoms. The van der Waals surface area contributed by atoms with Gasteiger partial charge in [-0.3, -0.25) is 4.79 Å². The zero-order valence-electron chi connectivity index (χ0n) is 13.9. The molecule has 1 fully saturated rings. The van der Waals surface area contributed by atoms with Gasteiger partial charge in [0.05, 0.1) is 0 Å². The summed E-state index contributed by atoms with van der Waals surface area (Å²) in [6.07, 6.45) is 3.30. The highest BCUT2D eigenvalue weighted by molar-refractivity contribution is 7.91. The Kier molecular flexibility index (Phi) is 9.22. The van der Waals surface area contributed by atoms with Crippen molar-refractivity contribution in [2.75, 3.05) is 26.2 Å². The van der Waals surface area contributed by atoms with Gasteiger partial charge in [0.15, 0.2) is 0 Å². The molecule has 0 radical (unpaired) electrons. The van der Waals surface area contributed by atoms with Crippen LogP contribution in [0.3, 0.4) is 0 Å². The molecule has 1 aromatic heterocycles. The number of nitrogens with one attached hydrogen (secondary N) is 2. The molecule has 2 rings (SSSR count). The van der Waals surface area contributed by atoms with Crippen LogP contribution in [0.4, 0.5) is 0 Å². The Balaban J connectivity index is 0.00000288. The fraction of sp³-hybridized carbons (Fsp3) is 0.667. The molecule has 1 aliphatic heterocycles. The fourth-order valence-electron chi connectivity index (χ4n) is 2.67. The molecule has 9 heteroatoms. The Morgan fingerprint density at radius 2 is 2.12 bits per heavy atom. The van der Waals surface area contributed by atoms with E-state index in [1.165, 1.54) is 15.6 Å². The van der Waals surface area contributed by atoms with Crippen molar-refractivity contribution in [2.45, 2.75) is 42.9 Å². The van der Waals surface area contributed by atoms with E-state index in [0.29, 0.717) is 30.3 Å². The minimum absolute atomic E-state index is 0. The average molecular weight is 396 g/mol. The van der Waals surface area contributed by atoms with Crippen molar-refractivity contribution in [3.05, 3.63) is 17.5 Å². The number of piperidine rings is 1. The van der Waals surface area contributed by atoms with Gasteiger partial charge in [0.2, 0.25) is 5.91 Å². The second kappa shape index (κ2) is 10.4. The van der Waals surface area contributed by atoms with E-state index in [-0.39, 0.29) is 18.3 Å². The van der Waals surface area contributed by atoms with Gasteiger partial charge in [0, 0.05) is 19.6 Å². The van der Waals surface area contributed by atoms with Gasteiger partial charge in [-0.05, 0) is 37.3 Å². The first kappa shape index (κ1) is 21.4. The number of halogens is 1. The Bertz CT molecular complexity index is 593. The Hall–Kier alpha value is -0.670. The van der Waals surface area contributed by atoms with Crippen LogP contribution < -0.4 is 10.6 Å². The number of carbonyl (C=O) groups excluding carboxylic acids is 1. The molecule has 1 amide bonds. The summed E-state index contributed by atoms with van der Waals surface area (Å²) in [6.45, 7) is 4.62. The van der Waals surface area contributed by atoms with Crippen LogP contribution in [0.2, 0.25) is 0 Å². The first-order valence-electron chi connectivity index (χ1n) is 8.11. The number of hydrogen-bond donors (Lipinski definition) is 2. The second-order valence-corrected chi connectivity index (χ2v) is 8.67. The molecule has 1 aromatic rings. The summed E-state index contributed by atoms with van der Waals surface area (Å²) < 4.78 is 27.1. The second-order valence-electron chi connectivity index (χ2n) is 5.60. The Morgan fingerprint density at radius 1 is 1.33 bits per heavy atom. The third-order valence-electron chi connectivity index (χ3n) is 3.84. The highest BCUT2D eigenvalue weighted by atomic mass is 35.5. The monoisotopic (exact) mass is 395 g/mol. The number of carbonyl (C=O) groups is 1. The number of hydrogen-bond acceptors (Lipinski definition) is 5. The van der Waals surface area contributed by atoms with Crippen LogP contribution in [0.1, 0.15) is 32.6 Å². The first-order chi connectivity index (χ1) is 11.1. The summed E-state index contributed by atoms with van der Waals surface area (Å²) in [7, 11) is -3.58. The molecule has 1 aliphatic rings. The van der Waals surface area contributed by atoms with Gasteiger partial charge in [0.25, 0.3) is 10.0 Å². The molecule has 2 N–H and O–H groups in total. The summed E-state index contributed by atoms with van der Waals surface area (Å²) in [5.74, 6) is -0.192. The van der Waals surface area contributed by atoms with E-state index < -0.39 is 16.1 Å². The van der Waals surface area contributed by atoms with Crippen LogP contribution in [0.25, 0.3) is 0 Å². The number of amides is 1. The van der Waals surface area contributed by atoms with E-state index in [2.05, 4.69) is 17.6 Å². The van der Waals surface area contributed by atoms with Crippen LogP contribution in [0.5, 0.6) is 0 Å². The summed E-state index contributed by atoms with van der Waals surface area (Å²) in [5.41, 5.74) is 0. The molecular formula is C15H26ClN3O3S2. The van der Waals surface area contributed by atoms with E-state index in [1.807, 2.05) is 0 Å². The lowest BCUT2D eigenvalue weighted by Crippen LogP contribution is -2.52. The molecule has 0 saturated carbocycles. The maximum atomic E-state index is 12.7. The van der Waals surface area contributed by atoms with Crippen molar-refractivity contribution in [3.63, 3.8) is 0 Å². The minimum Gasteiger partial charge on any atom is -0.353 e. The summed E-state index contributed by atoms with van der Waals surface area (Å²) in [4.78, 5) is 12.4. The minimum atomic E-state index is -3.58. The number of sulfonamides is 1. The molecular weight excluding hydrogens is 370 g/mol. The molecule has 1 saturated heterocycles. The number of thiophene rings is 1. The molecule has 1 unspecified atom stereocenters. The largest absolute Gasteiger partial charge is 0.353 e. The molecule has 1 atom stereocenters. The lowest BCUT2D eigenvalue weighted by Gasteiger charge is -2.33. The SMILES string of the molecule is CCCNCCNC(=O)C1CCCCN1S(=O)(=O)c1cccs1.Cl. The summed E-state index contributed by atoms with van der Waals surface area (Å²) >= 11 is 1.19. The van der Waals surface area contributed by atoms with E-state index in [0.717, 1.165) is 25.8 Å². The van der Waals surface area contributed by atoms with Crippen molar-refractivity contribution in [2.24, 2.45) is 0 Å². The molecule has 0 aromatic carbocycles. The summed E-state index contributed by atoms with van der Waals surface area (Å²) in [5, 5.41) is 7.81. The molecule has 0 aliphatic carbocycles. The Morgan fingerprint density at radius 3 is 2.79 bits per heavy atom. The maximum absolute atomic E-state index is 12.7. The molecule has 0 bridgehead atoms. The van der Waals surface area contributed by atoms with Crippen LogP contribution in [0.15, 0.2) is 21.7 Å². The van der Waals surface area contributed by atoms with Crippen LogP contribution >= 0.6 is 23.7 Å². The van der Waals surface area contributed by atoms with Gasteiger partial charge >= 0.3 is 0 Å². The predicted molar refractivity (Wildman–Crippen MR) is 99.3 cm³/mol. The van der Waals surface area contributed by atoms with Gasteiger partial charge in [-0.2, -0.15) is 4.31 Å². The predicted octanol–water partition coefficient (Wildman–Crippen LogP) is 1.83. The van der Waals surface area contributed by atoms with E-state index in [4.69, 9.17) is 0 Å². The number of nitrogens with zero attached hydrogens (tertiary/aromatic N) is 1. The Labute approximate surface area is 154 Å². The molecule has 0 spiro atoms. The molecule has 6 nitrogen and oxygen atoms in total.